The normalized spacial score (nSPS) is 18.0. The third kappa shape index (κ3) is 7.95. The highest BCUT2D eigenvalue weighted by molar-refractivity contribution is 9.11. The number of urea groups is 1. The van der Waals surface area contributed by atoms with Crippen LogP contribution < -0.4 is 5.32 Å². The Labute approximate surface area is 267 Å². The van der Waals surface area contributed by atoms with Gasteiger partial charge in [-0.15, -0.1) is 0 Å². The predicted octanol–water partition coefficient (Wildman–Crippen LogP) is 5.88. The van der Waals surface area contributed by atoms with Gasteiger partial charge in [0.15, 0.2) is 6.10 Å². The summed E-state index contributed by atoms with van der Waals surface area (Å²) in [5.74, 6) is 4.44. The molecule has 43 heavy (non-hydrogen) atoms. The molecule has 3 aliphatic rings. The lowest BCUT2D eigenvalue weighted by atomic mass is 10.0. The molecule has 0 bridgehead atoms. The number of likely N-dealkylation sites (tertiary alicyclic amines) is 1. The van der Waals surface area contributed by atoms with Crippen LogP contribution in [0.3, 0.4) is 0 Å². The quantitative estimate of drug-likeness (QED) is 0.362. The molecule has 2 fully saturated rings. The number of benzene rings is 2. The smallest absolute Gasteiger partial charge is 0.410 e. The summed E-state index contributed by atoms with van der Waals surface area (Å²) in [4.78, 5) is 50.8. The van der Waals surface area contributed by atoms with Crippen LogP contribution in [0.1, 0.15) is 49.7 Å². The van der Waals surface area contributed by atoms with Crippen LogP contribution in [0.2, 0.25) is 0 Å². The first-order chi connectivity index (χ1) is 20.8. The van der Waals surface area contributed by atoms with Gasteiger partial charge in [0.05, 0.1) is 26.7 Å². The third-order valence-electron chi connectivity index (χ3n) is 8.11. The van der Waals surface area contributed by atoms with Crippen molar-refractivity contribution >= 4 is 67.3 Å². The van der Waals surface area contributed by atoms with Gasteiger partial charge in [0.25, 0.3) is 5.91 Å². The van der Waals surface area contributed by atoms with Crippen LogP contribution in [0.4, 0.5) is 15.3 Å². The number of hydrogen-bond acceptors (Lipinski definition) is 6. The Morgan fingerprint density at radius 2 is 1.74 bits per heavy atom. The van der Waals surface area contributed by atoms with Crippen molar-refractivity contribution in [2.24, 2.45) is 9.98 Å². The van der Waals surface area contributed by atoms with Crippen molar-refractivity contribution in [2.45, 2.75) is 69.6 Å². The standard InChI is InChI=1S/C31H33Br2N5O5/c32-24-17-20(18-25(33)28(24)39)19-27(29(40)35-13-12-34-22-6-2-3-7-22)43-31(42)37-14-10-23(11-15-37)38-16-9-21-5-1-4-8-26(21)36-30(38)41/h1,4-5,8,17-18,22-23,27,39H,2-3,6-7,9-11,14-16,19H2,(H,36,41)/t27-/m1/s1. The lowest BCUT2D eigenvalue weighted by molar-refractivity contribution is -0.126. The van der Waals surface area contributed by atoms with Gasteiger partial charge < -0.3 is 25.0 Å². The fraction of sp³-hybridized carbons (Fsp3) is 0.452. The predicted molar refractivity (Wildman–Crippen MR) is 170 cm³/mol. The second-order valence-corrected chi connectivity index (χ2v) is 12.7. The number of nitrogens with zero attached hydrogens (tertiary/aromatic N) is 4. The molecule has 0 aromatic heterocycles. The van der Waals surface area contributed by atoms with Gasteiger partial charge in [-0.3, -0.25) is 4.79 Å². The molecular weight excluding hydrogens is 682 g/mol. The molecule has 2 N–H and O–H groups in total. The number of phenolic OH excluding ortho intramolecular Hbond substituents is 1. The number of ether oxygens (including phenoxy) is 1. The Kier molecular flexibility index (Phi) is 10.4. The molecule has 1 saturated carbocycles. The van der Waals surface area contributed by atoms with E-state index in [4.69, 9.17) is 4.74 Å². The van der Waals surface area contributed by atoms with E-state index >= 15 is 0 Å². The Hall–Kier alpha value is -3.43. The van der Waals surface area contributed by atoms with E-state index in [1.54, 1.807) is 17.0 Å². The van der Waals surface area contributed by atoms with Gasteiger partial charge in [0, 0.05) is 37.8 Å². The van der Waals surface area contributed by atoms with E-state index in [1.165, 1.54) is 0 Å². The maximum absolute atomic E-state index is 13.2. The van der Waals surface area contributed by atoms with E-state index < -0.39 is 18.1 Å². The van der Waals surface area contributed by atoms with Gasteiger partial charge in [0.2, 0.25) is 0 Å². The second kappa shape index (κ2) is 14.4. The highest BCUT2D eigenvalue weighted by atomic mass is 79.9. The summed E-state index contributed by atoms with van der Waals surface area (Å²) in [5, 5.41) is 13.1. The number of rotatable bonds is 6. The lowest BCUT2D eigenvalue weighted by Gasteiger charge is -2.37. The molecule has 2 heterocycles. The van der Waals surface area contributed by atoms with Crippen molar-refractivity contribution < 1.29 is 24.2 Å². The van der Waals surface area contributed by atoms with Gasteiger partial charge in [-0.1, -0.05) is 31.0 Å². The Balaban J connectivity index is 1.23. The molecule has 5 rings (SSSR count). The van der Waals surface area contributed by atoms with Crippen molar-refractivity contribution in [3.63, 3.8) is 0 Å². The molecule has 226 valence electrons. The van der Waals surface area contributed by atoms with Gasteiger partial charge in [0.1, 0.15) is 5.75 Å². The number of para-hydroxylation sites is 1. The average molecular weight is 715 g/mol. The first kappa shape index (κ1) is 31.0. The zero-order valence-electron chi connectivity index (χ0n) is 23.6. The highest BCUT2D eigenvalue weighted by Gasteiger charge is 2.33. The number of aromatic hydroxyl groups is 1. The third-order valence-corrected chi connectivity index (χ3v) is 9.32. The molecule has 4 amide bonds. The minimum absolute atomic E-state index is 0.0172. The minimum Gasteiger partial charge on any atom is -0.506 e. The van der Waals surface area contributed by atoms with E-state index in [9.17, 15) is 19.5 Å². The summed E-state index contributed by atoms with van der Waals surface area (Å²) in [6, 6.07) is 11.1. The van der Waals surface area contributed by atoms with Gasteiger partial charge in [-0.25, -0.2) is 14.6 Å². The van der Waals surface area contributed by atoms with Gasteiger partial charge >= 0.3 is 12.1 Å². The topological polar surface area (TPSA) is 124 Å². The summed E-state index contributed by atoms with van der Waals surface area (Å²) >= 11 is 6.61. The van der Waals surface area contributed by atoms with Crippen LogP contribution in [0.25, 0.3) is 0 Å². The van der Waals surface area contributed by atoms with Crippen molar-refractivity contribution in [1.82, 2.24) is 9.80 Å². The van der Waals surface area contributed by atoms with Crippen molar-refractivity contribution in [3.8, 4) is 5.75 Å². The first-order valence-corrected chi connectivity index (χ1v) is 16.1. The number of carbonyl (C=O) groups is 3. The van der Waals surface area contributed by atoms with Crippen LogP contribution in [0.5, 0.6) is 5.75 Å². The maximum Gasteiger partial charge on any atom is 0.410 e. The molecule has 12 heteroatoms. The number of fused-ring (bicyclic) bond motifs is 1. The van der Waals surface area contributed by atoms with E-state index in [2.05, 4.69) is 58.9 Å². The minimum atomic E-state index is -1.22. The molecule has 0 unspecified atom stereocenters. The molecule has 10 nitrogen and oxygen atoms in total. The Bertz CT molecular complexity index is 1450. The Morgan fingerprint density at radius 1 is 1.05 bits per heavy atom. The fourth-order valence-electron chi connectivity index (χ4n) is 5.73. The number of amides is 4. The van der Waals surface area contributed by atoms with Crippen LogP contribution in [0, 0.1) is 0 Å². The Morgan fingerprint density at radius 3 is 2.47 bits per heavy atom. The SMILES string of the molecule is O=C(N=C=C=NC1CCCC1)[C@@H](Cc1cc(Br)c(O)c(Br)c1)OC(=O)N1CCC(N2CCc3ccccc3NC2=O)CC1. The molecule has 1 aliphatic carbocycles. The zero-order chi connectivity index (χ0) is 30.3. The molecule has 2 aliphatic heterocycles. The number of nitrogens with one attached hydrogen (secondary N) is 1. The monoisotopic (exact) mass is 713 g/mol. The van der Waals surface area contributed by atoms with E-state index in [1.807, 2.05) is 29.2 Å². The summed E-state index contributed by atoms with van der Waals surface area (Å²) in [7, 11) is 0. The number of phenols is 1. The molecule has 1 atom stereocenters. The summed E-state index contributed by atoms with van der Waals surface area (Å²) < 4.78 is 6.59. The van der Waals surface area contributed by atoms with E-state index in [-0.39, 0.29) is 30.3 Å². The molecule has 0 radical (unpaired) electrons. The molecule has 0 spiro atoms. The van der Waals surface area contributed by atoms with Crippen LogP contribution in [0.15, 0.2) is 55.3 Å². The van der Waals surface area contributed by atoms with Crippen LogP contribution >= 0.6 is 31.9 Å². The molecule has 2 aromatic carbocycles. The highest BCUT2D eigenvalue weighted by Crippen LogP contribution is 2.34. The summed E-state index contributed by atoms with van der Waals surface area (Å²) in [5.41, 5.74) is 2.58. The van der Waals surface area contributed by atoms with E-state index in [0.29, 0.717) is 47.0 Å². The number of piperidine rings is 1. The lowest BCUT2D eigenvalue weighted by Crippen LogP contribution is -2.50. The van der Waals surface area contributed by atoms with Gasteiger partial charge in [-0.05, 0) is 93.3 Å². The van der Waals surface area contributed by atoms with Crippen LogP contribution in [-0.4, -0.2) is 82.5 Å². The zero-order valence-corrected chi connectivity index (χ0v) is 26.8. The molecule has 1 saturated heterocycles. The maximum atomic E-state index is 13.2. The second-order valence-electron chi connectivity index (χ2n) is 11.0. The number of carbonyl (C=O) groups excluding carboxylic acids is 3. The number of anilines is 1. The largest absolute Gasteiger partial charge is 0.506 e. The van der Waals surface area contributed by atoms with Crippen molar-refractivity contribution in [1.29, 1.82) is 0 Å². The number of aliphatic imine (C=N–C) groups is 2. The molecule has 2 aromatic rings. The number of hydrogen-bond donors (Lipinski definition) is 2. The van der Waals surface area contributed by atoms with Crippen LogP contribution in [-0.2, 0) is 22.4 Å². The average Bonchev–Trinajstić information content (AvgIpc) is 3.46. The van der Waals surface area contributed by atoms with E-state index in [0.717, 1.165) is 43.4 Å². The summed E-state index contributed by atoms with van der Waals surface area (Å²) in [6.07, 6.45) is 4.35. The molecular formula is C31H33Br2N5O5. The number of halogens is 2. The first-order valence-electron chi connectivity index (χ1n) is 14.5. The van der Waals surface area contributed by atoms with Gasteiger partial charge in [-0.2, -0.15) is 4.99 Å². The van der Waals surface area contributed by atoms with Crippen molar-refractivity contribution in [3.05, 3.63) is 56.5 Å². The van der Waals surface area contributed by atoms with Crippen molar-refractivity contribution in [2.75, 3.05) is 25.0 Å². The summed E-state index contributed by atoms with van der Waals surface area (Å²) in [6.45, 7) is 1.37. The fourth-order valence-corrected chi connectivity index (χ4v) is 7.01.